The number of rotatable bonds is 5. The highest BCUT2D eigenvalue weighted by atomic mass is 79.9. The number of nitrogens with two attached hydrogens (primary N) is 1. The van der Waals surface area contributed by atoms with Gasteiger partial charge in [-0.2, -0.15) is 5.10 Å². The maximum atomic E-state index is 6.37. The Morgan fingerprint density at radius 3 is 3.16 bits per heavy atom. The second kappa shape index (κ2) is 6.81. The van der Waals surface area contributed by atoms with Gasteiger partial charge in [-0.15, -0.1) is 0 Å². The minimum absolute atomic E-state index is 0.00644. The van der Waals surface area contributed by atoms with Crippen LogP contribution in [0.5, 0.6) is 0 Å². The maximum absolute atomic E-state index is 6.37. The van der Waals surface area contributed by atoms with E-state index in [4.69, 9.17) is 15.2 Å². The van der Waals surface area contributed by atoms with Gasteiger partial charge in [-0.25, -0.2) is 0 Å². The standard InChI is InChI=1S/C12H21BrN4O2/c1-16-3-6-19-10(8-16)11(14)12-9(13)7-15-17(12)4-5-18-2/h7,10-11H,3-6,8,14H2,1-2H3. The van der Waals surface area contributed by atoms with E-state index < -0.39 is 0 Å². The van der Waals surface area contributed by atoms with Gasteiger partial charge in [0.1, 0.15) is 0 Å². The Morgan fingerprint density at radius 2 is 2.47 bits per heavy atom. The number of nitrogens with zero attached hydrogens (tertiary/aromatic N) is 3. The van der Waals surface area contributed by atoms with Gasteiger partial charge in [0.2, 0.25) is 0 Å². The number of hydrogen-bond acceptors (Lipinski definition) is 5. The minimum Gasteiger partial charge on any atom is -0.383 e. The second-order valence-corrected chi connectivity index (χ2v) is 5.65. The molecule has 0 saturated carbocycles. The Hall–Kier alpha value is -0.470. The molecule has 2 rings (SSSR count). The second-order valence-electron chi connectivity index (χ2n) is 4.79. The summed E-state index contributed by atoms with van der Waals surface area (Å²) in [6.45, 7) is 3.81. The first-order valence-corrected chi connectivity index (χ1v) is 7.18. The summed E-state index contributed by atoms with van der Waals surface area (Å²) >= 11 is 3.52. The first kappa shape index (κ1) is 14.9. The number of hydrogen-bond donors (Lipinski definition) is 1. The van der Waals surface area contributed by atoms with Crippen molar-refractivity contribution in [2.75, 3.05) is 40.5 Å². The molecule has 2 atom stereocenters. The zero-order valence-corrected chi connectivity index (χ0v) is 13.0. The van der Waals surface area contributed by atoms with Crippen molar-refractivity contribution in [3.05, 3.63) is 16.4 Å². The third kappa shape index (κ3) is 3.55. The van der Waals surface area contributed by atoms with Crippen LogP contribution in [-0.2, 0) is 16.0 Å². The molecular weight excluding hydrogens is 312 g/mol. The van der Waals surface area contributed by atoms with E-state index in [1.54, 1.807) is 13.3 Å². The van der Waals surface area contributed by atoms with E-state index in [1.807, 2.05) is 4.68 Å². The summed E-state index contributed by atoms with van der Waals surface area (Å²) < 4.78 is 13.7. The number of morpholine rings is 1. The van der Waals surface area contributed by atoms with Crippen LogP contribution < -0.4 is 5.73 Å². The lowest BCUT2D eigenvalue weighted by atomic mass is 10.1. The predicted molar refractivity (Wildman–Crippen MR) is 76.0 cm³/mol. The summed E-state index contributed by atoms with van der Waals surface area (Å²) in [6.07, 6.45) is 1.77. The van der Waals surface area contributed by atoms with E-state index in [9.17, 15) is 0 Å². The van der Waals surface area contributed by atoms with Crippen molar-refractivity contribution >= 4 is 15.9 Å². The monoisotopic (exact) mass is 332 g/mol. The van der Waals surface area contributed by atoms with E-state index in [0.717, 1.165) is 29.9 Å². The van der Waals surface area contributed by atoms with Gasteiger partial charge in [-0.1, -0.05) is 0 Å². The average molecular weight is 333 g/mol. The zero-order valence-electron chi connectivity index (χ0n) is 11.4. The Morgan fingerprint density at radius 1 is 1.68 bits per heavy atom. The third-order valence-corrected chi connectivity index (χ3v) is 3.96. The molecular formula is C12H21BrN4O2. The van der Waals surface area contributed by atoms with Crippen molar-refractivity contribution in [2.45, 2.75) is 18.7 Å². The van der Waals surface area contributed by atoms with Crippen LogP contribution in [0.2, 0.25) is 0 Å². The van der Waals surface area contributed by atoms with Gasteiger partial charge < -0.3 is 20.1 Å². The molecule has 19 heavy (non-hydrogen) atoms. The molecule has 2 N–H and O–H groups in total. The minimum atomic E-state index is -0.198. The molecule has 1 aromatic rings. The predicted octanol–water partition coefficient (Wildman–Crippen LogP) is 0.622. The van der Waals surface area contributed by atoms with Gasteiger partial charge in [-0.05, 0) is 23.0 Å². The fourth-order valence-electron chi connectivity index (χ4n) is 2.26. The Bertz CT molecular complexity index is 412. The SMILES string of the molecule is COCCn1ncc(Br)c1C(N)C1CN(C)CCO1. The quantitative estimate of drug-likeness (QED) is 0.856. The molecule has 0 bridgehead atoms. The molecule has 1 aliphatic rings. The van der Waals surface area contributed by atoms with Crippen LogP contribution >= 0.6 is 15.9 Å². The van der Waals surface area contributed by atoms with E-state index in [0.29, 0.717) is 13.2 Å². The molecule has 1 aliphatic heterocycles. The van der Waals surface area contributed by atoms with Crippen LogP contribution in [0, 0.1) is 0 Å². The molecule has 7 heteroatoms. The van der Waals surface area contributed by atoms with Gasteiger partial charge in [0.15, 0.2) is 0 Å². The normalized spacial score (nSPS) is 22.6. The number of methoxy groups -OCH3 is 1. The molecule has 1 aromatic heterocycles. The van der Waals surface area contributed by atoms with Crippen LogP contribution in [0.25, 0.3) is 0 Å². The fourth-order valence-corrected chi connectivity index (χ4v) is 2.82. The van der Waals surface area contributed by atoms with E-state index in [-0.39, 0.29) is 12.1 Å². The summed E-state index contributed by atoms with van der Waals surface area (Å²) in [6, 6.07) is -0.198. The number of aromatic nitrogens is 2. The lowest BCUT2D eigenvalue weighted by Crippen LogP contribution is -2.45. The Kier molecular flexibility index (Phi) is 5.35. The van der Waals surface area contributed by atoms with Gasteiger partial charge >= 0.3 is 0 Å². The van der Waals surface area contributed by atoms with Gasteiger partial charge in [-0.3, -0.25) is 4.68 Å². The van der Waals surface area contributed by atoms with Crippen molar-refractivity contribution < 1.29 is 9.47 Å². The number of ether oxygens (including phenoxy) is 2. The van der Waals surface area contributed by atoms with Crippen molar-refractivity contribution in [1.29, 1.82) is 0 Å². The number of halogens is 1. The van der Waals surface area contributed by atoms with Crippen molar-refractivity contribution in [1.82, 2.24) is 14.7 Å². The van der Waals surface area contributed by atoms with E-state index in [2.05, 4.69) is 33.0 Å². The largest absolute Gasteiger partial charge is 0.383 e. The highest BCUT2D eigenvalue weighted by Gasteiger charge is 2.29. The molecule has 0 radical (unpaired) electrons. The van der Waals surface area contributed by atoms with Crippen molar-refractivity contribution in [3.8, 4) is 0 Å². The first-order valence-electron chi connectivity index (χ1n) is 6.39. The molecule has 0 aromatic carbocycles. The molecule has 0 spiro atoms. The summed E-state index contributed by atoms with van der Waals surface area (Å²) in [5, 5.41) is 4.33. The van der Waals surface area contributed by atoms with Crippen LogP contribution in [0.15, 0.2) is 10.7 Å². The van der Waals surface area contributed by atoms with Crippen LogP contribution in [0.1, 0.15) is 11.7 Å². The topological polar surface area (TPSA) is 65.5 Å². The lowest BCUT2D eigenvalue weighted by Gasteiger charge is -2.33. The smallest absolute Gasteiger partial charge is 0.0910 e. The third-order valence-electron chi connectivity index (χ3n) is 3.35. The zero-order chi connectivity index (χ0) is 13.8. The van der Waals surface area contributed by atoms with Crippen LogP contribution in [0.3, 0.4) is 0 Å². The highest BCUT2D eigenvalue weighted by molar-refractivity contribution is 9.10. The molecule has 0 aliphatic carbocycles. The summed E-state index contributed by atoms with van der Waals surface area (Å²) in [7, 11) is 3.76. The van der Waals surface area contributed by atoms with Gasteiger partial charge in [0.05, 0.1) is 48.3 Å². The molecule has 2 heterocycles. The van der Waals surface area contributed by atoms with Crippen molar-refractivity contribution in [3.63, 3.8) is 0 Å². The molecule has 6 nitrogen and oxygen atoms in total. The Balaban J connectivity index is 2.12. The number of likely N-dealkylation sites (N-methyl/N-ethyl adjacent to an activating group) is 1. The lowest BCUT2D eigenvalue weighted by molar-refractivity contribution is -0.0341. The average Bonchev–Trinajstić information content (AvgIpc) is 2.76. The van der Waals surface area contributed by atoms with Crippen LogP contribution in [-0.4, -0.2) is 61.2 Å². The summed E-state index contributed by atoms with van der Waals surface area (Å²) in [5.74, 6) is 0. The van der Waals surface area contributed by atoms with Crippen LogP contribution in [0.4, 0.5) is 0 Å². The molecule has 1 fully saturated rings. The van der Waals surface area contributed by atoms with Gasteiger partial charge in [0, 0.05) is 20.2 Å². The molecule has 108 valence electrons. The van der Waals surface area contributed by atoms with E-state index >= 15 is 0 Å². The summed E-state index contributed by atoms with van der Waals surface area (Å²) in [4.78, 5) is 2.23. The van der Waals surface area contributed by atoms with Crippen molar-refractivity contribution in [2.24, 2.45) is 5.73 Å². The fraction of sp³-hybridized carbons (Fsp3) is 0.750. The maximum Gasteiger partial charge on any atom is 0.0910 e. The summed E-state index contributed by atoms with van der Waals surface area (Å²) in [5.41, 5.74) is 7.34. The van der Waals surface area contributed by atoms with Gasteiger partial charge in [0.25, 0.3) is 0 Å². The molecule has 0 amide bonds. The molecule has 2 unspecified atom stereocenters. The molecule has 1 saturated heterocycles. The Labute approximate surface area is 122 Å². The first-order chi connectivity index (χ1) is 9.13. The van der Waals surface area contributed by atoms with E-state index in [1.165, 1.54) is 0 Å². The highest BCUT2D eigenvalue weighted by Crippen LogP contribution is 2.26.